The van der Waals surface area contributed by atoms with Crippen molar-refractivity contribution in [2.24, 2.45) is 0 Å². The van der Waals surface area contributed by atoms with E-state index in [4.69, 9.17) is 0 Å². The number of thiophene rings is 1. The van der Waals surface area contributed by atoms with Crippen molar-refractivity contribution in [3.63, 3.8) is 0 Å². The lowest BCUT2D eigenvalue weighted by Gasteiger charge is -2.14. The molecule has 2 heterocycles. The maximum absolute atomic E-state index is 12.0. The molecule has 0 aromatic carbocycles. The fraction of sp³-hybridized carbons (Fsp3) is 0.375. The molecule has 0 saturated carbocycles. The van der Waals surface area contributed by atoms with Gasteiger partial charge in [0.15, 0.2) is 4.21 Å². The van der Waals surface area contributed by atoms with E-state index in [0.29, 0.717) is 23.9 Å². The standard InChI is InChI=1S/C8H8BrNO3S2/c9-6-3-5-14-8(6)15(12,13)10-4-1-2-7(10)11/h3,5H,1-2,4H2. The van der Waals surface area contributed by atoms with Crippen LogP contribution in [0.15, 0.2) is 20.1 Å². The Labute approximate surface area is 100 Å². The molecular weight excluding hydrogens is 302 g/mol. The second kappa shape index (κ2) is 3.88. The summed E-state index contributed by atoms with van der Waals surface area (Å²) >= 11 is 4.28. The maximum Gasteiger partial charge on any atom is 0.277 e. The quantitative estimate of drug-likeness (QED) is 0.837. The van der Waals surface area contributed by atoms with E-state index >= 15 is 0 Å². The molecule has 1 aliphatic rings. The minimum absolute atomic E-state index is 0.206. The Morgan fingerprint density at radius 1 is 1.47 bits per heavy atom. The monoisotopic (exact) mass is 309 g/mol. The molecule has 0 unspecified atom stereocenters. The average molecular weight is 310 g/mol. The molecule has 7 heteroatoms. The third kappa shape index (κ3) is 1.83. The summed E-state index contributed by atoms with van der Waals surface area (Å²) in [5.41, 5.74) is 0. The van der Waals surface area contributed by atoms with Gasteiger partial charge in [-0.1, -0.05) is 0 Å². The first-order valence-electron chi connectivity index (χ1n) is 4.32. The number of hydrogen-bond acceptors (Lipinski definition) is 4. The molecule has 0 bridgehead atoms. The highest BCUT2D eigenvalue weighted by molar-refractivity contribution is 9.10. The molecule has 1 saturated heterocycles. The zero-order valence-corrected chi connectivity index (χ0v) is 10.9. The molecule has 0 radical (unpaired) electrons. The number of carbonyl (C=O) groups is 1. The minimum atomic E-state index is -3.62. The van der Waals surface area contributed by atoms with Gasteiger partial charge in [0.2, 0.25) is 5.91 Å². The normalized spacial score (nSPS) is 17.4. The molecule has 15 heavy (non-hydrogen) atoms. The van der Waals surface area contributed by atoms with Crippen LogP contribution in [0.1, 0.15) is 12.8 Å². The Morgan fingerprint density at radius 2 is 2.20 bits per heavy atom. The van der Waals surface area contributed by atoms with Crippen molar-refractivity contribution in [3.8, 4) is 0 Å². The van der Waals surface area contributed by atoms with Gasteiger partial charge in [0.25, 0.3) is 10.0 Å². The summed E-state index contributed by atoms with van der Waals surface area (Å²) in [7, 11) is -3.62. The topological polar surface area (TPSA) is 54.5 Å². The van der Waals surface area contributed by atoms with Crippen LogP contribution < -0.4 is 0 Å². The van der Waals surface area contributed by atoms with Crippen molar-refractivity contribution >= 4 is 43.2 Å². The molecule has 1 aromatic heterocycles. The number of hydrogen-bond donors (Lipinski definition) is 0. The Kier molecular flexibility index (Phi) is 2.87. The lowest BCUT2D eigenvalue weighted by atomic mass is 10.4. The van der Waals surface area contributed by atoms with E-state index in [1.807, 2.05) is 0 Å². The summed E-state index contributed by atoms with van der Waals surface area (Å²) in [5.74, 6) is -0.310. The second-order valence-corrected chi connectivity index (χ2v) is 6.96. The minimum Gasteiger partial charge on any atom is -0.274 e. The van der Waals surface area contributed by atoms with Crippen LogP contribution in [-0.2, 0) is 14.8 Å². The number of amides is 1. The van der Waals surface area contributed by atoms with Crippen LogP contribution in [0.2, 0.25) is 0 Å². The smallest absolute Gasteiger partial charge is 0.274 e. The Bertz CT molecular complexity index is 494. The highest BCUT2D eigenvalue weighted by Gasteiger charge is 2.34. The zero-order valence-electron chi connectivity index (χ0n) is 7.64. The largest absolute Gasteiger partial charge is 0.277 e. The number of sulfonamides is 1. The first-order chi connectivity index (χ1) is 7.03. The van der Waals surface area contributed by atoms with Gasteiger partial charge in [0.1, 0.15) is 0 Å². The lowest BCUT2D eigenvalue weighted by Crippen LogP contribution is -2.31. The molecule has 0 N–H and O–H groups in total. The molecule has 82 valence electrons. The fourth-order valence-electron chi connectivity index (χ4n) is 1.44. The van der Waals surface area contributed by atoms with Crippen molar-refractivity contribution < 1.29 is 13.2 Å². The highest BCUT2D eigenvalue weighted by atomic mass is 79.9. The van der Waals surface area contributed by atoms with Crippen LogP contribution in [0.3, 0.4) is 0 Å². The van der Waals surface area contributed by atoms with Crippen molar-refractivity contribution in [1.29, 1.82) is 0 Å². The predicted octanol–water partition coefficient (Wildman–Crippen LogP) is 1.82. The van der Waals surface area contributed by atoms with Crippen LogP contribution in [-0.4, -0.2) is 25.2 Å². The number of nitrogens with zero attached hydrogens (tertiary/aromatic N) is 1. The van der Waals surface area contributed by atoms with Crippen LogP contribution >= 0.6 is 27.3 Å². The van der Waals surface area contributed by atoms with Crippen molar-refractivity contribution in [1.82, 2.24) is 4.31 Å². The van der Waals surface area contributed by atoms with E-state index < -0.39 is 10.0 Å². The highest BCUT2D eigenvalue weighted by Crippen LogP contribution is 2.32. The van der Waals surface area contributed by atoms with Crippen LogP contribution in [0.25, 0.3) is 0 Å². The molecule has 2 rings (SSSR count). The first kappa shape index (κ1) is 11.1. The van der Waals surface area contributed by atoms with Gasteiger partial charge in [-0.25, -0.2) is 12.7 Å². The molecule has 1 aromatic rings. The Balaban J connectivity index is 2.44. The van der Waals surface area contributed by atoms with E-state index in [1.54, 1.807) is 11.4 Å². The SMILES string of the molecule is O=C1CCCN1S(=O)(=O)c1sccc1Br. The first-order valence-corrected chi connectivity index (χ1v) is 7.43. The zero-order chi connectivity index (χ0) is 11.1. The third-order valence-electron chi connectivity index (χ3n) is 2.14. The van der Waals surface area contributed by atoms with E-state index in [9.17, 15) is 13.2 Å². The van der Waals surface area contributed by atoms with E-state index in [0.717, 1.165) is 15.6 Å². The predicted molar refractivity (Wildman–Crippen MR) is 60.2 cm³/mol. The van der Waals surface area contributed by atoms with E-state index in [2.05, 4.69) is 15.9 Å². The van der Waals surface area contributed by atoms with Gasteiger partial charge in [0.05, 0.1) is 0 Å². The van der Waals surface area contributed by atoms with Crippen molar-refractivity contribution in [2.75, 3.05) is 6.54 Å². The van der Waals surface area contributed by atoms with Crippen molar-refractivity contribution in [2.45, 2.75) is 17.1 Å². The Morgan fingerprint density at radius 3 is 2.67 bits per heavy atom. The van der Waals surface area contributed by atoms with Gasteiger partial charge in [-0.15, -0.1) is 11.3 Å². The summed E-state index contributed by atoms with van der Waals surface area (Å²) in [6.07, 6.45) is 0.934. The van der Waals surface area contributed by atoms with Gasteiger partial charge < -0.3 is 0 Å². The molecule has 0 spiro atoms. The molecule has 1 fully saturated rings. The van der Waals surface area contributed by atoms with E-state index in [-0.39, 0.29) is 10.1 Å². The maximum atomic E-state index is 12.0. The third-order valence-corrected chi connectivity index (χ3v) is 6.61. The summed E-state index contributed by atoms with van der Waals surface area (Å²) in [4.78, 5) is 11.4. The summed E-state index contributed by atoms with van der Waals surface area (Å²) in [5, 5.41) is 1.68. The summed E-state index contributed by atoms with van der Waals surface area (Å²) in [6, 6.07) is 1.66. The summed E-state index contributed by atoms with van der Waals surface area (Å²) < 4.78 is 25.7. The summed E-state index contributed by atoms with van der Waals surface area (Å²) in [6.45, 7) is 0.297. The lowest BCUT2D eigenvalue weighted by molar-refractivity contribution is -0.123. The van der Waals surface area contributed by atoms with Gasteiger partial charge in [0, 0.05) is 17.4 Å². The van der Waals surface area contributed by atoms with E-state index in [1.165, 1.54) is 0 Å². The number of rotatable bonds is 2. The van der Waals surface area contributed by atoms with Crippen molar-refractivity contribution in [3.05, 3.63) is 15.9 Å². The molecule has 0 aliphatic carbocycles. The fourth-order valence-corrected chi connectivity index (χ4v) is 5.32. The molecule has 0 atom stereocenters. The van der Waals surface area contributed by atoms with Crippen LogP contribution in [0.5, 0.6) is 0 Å². The average Bonchev–Trinajstić information content (AvgIpc) is 2.73. The van der Waals surface area contributed by atoms with Gasteiger partial charge in [-0.2, -0.15) is 0 Å². The number of carbonyl (C=O) groups excluding carboxylic acids is 1. The van der Waals surface area contributed by atoms with Gasteiger partial charge in [-0.3, -0.25) is 4.79 Å². The van der Waals surface area contributed by atoms with Gasteiger partial charge >= 0.3 is 0 Å². The number of halogens is 1. The molecule has 4 nitrogen and oxygen atoms in total. The van der Waals surface area contributed by atoms with Crippen LogP contribution in [0, 0.1) is 0 Å². The molecule has 1 aliphatic heterocycles. The van der Waals surface area contributed by atoms with Crippen LogP contribution in [0.4, 0.5) is 0 Å². The second-order valence-electron chi connectivity index (χ2n) is 3.13. The Hall–Kier alpha value is -0.400. The molecular formula is C8H8BrNO3S2. The van der Waals surface area contributed by atoms with Gasteiger partial charge in [-0.05, 0) is 33.8 Å². The molecule has 1 amide bonds.